The van der Waals surface area contributed by atoms with Gasteiger partial charge in [-0.25, -0.2) is 0 Å². The number of nitrogens with zero attached hydrogens (tertiary/aromatic N) is 1. The summed E-state index contributed by atoms with van der Waals surface area (Å²) in [5.41, 5.74) is 6.42. The molecular formula is C21H36N2OS. The first kappa shape index (κ1) is 18.3. The quantitative estimate of drug-likeness (QED) is 0.795. The molecule has 0 bridgehead atoms. The van der Waals surface area contributed by atoms with E-state index < -0.39 is 0 Å². The molecule has 4 heteroatoms. The summed E-state index contributed by atoms with van der Waals surface area (Å²) in [6, 6.07) is 0.566. The van der Waals surface area contributed by atoms with Gasteiger partial charge in [-0.05, 0) is 50.4 Å². The Morgan fingerprint density at radius 3 is 2.24 bits per heavy atom. The van der Waals surface area contributed by atoms with Crippen molar-refractivity contribution >= 4 is 17.5 Å². The minimum atomic E-state index is 0.0515. The van der Waals surface area contributed by atoms with Crippen molar-refractivity contribution in [2.75, 3.05) is 6.54 Å². The van der Waals surface area contributed by atoms with Crippen LogP contribution in [-0.4, -0.2) is 34.0 Å². The highest BCUT2D eigenvalue weighted by molar-refractivity contribution is 8.00. The van der Waals surface area contributed by atoms with Crippen molar-refractivity contribution in [2.24, 2.45) is 23.5 Å². The van der Waals surface area contributed by atoms with Crippen molar-refractivity contribution in [1.82, 2.24) is 4.90 Å². The highest BCUT2D eigenvalue weighted by Crippen LogP contribution is 2.43. The molecule has 3 unspecified atom stereocenters. The van der Waals surface area contributed by atoms with Crippen molar-refractivity contribution in [3.05, 3.63) is 0 Å². The highest BCUT2D eigenvalue weighted by atomic mass is 32.2. The zero-order chi connectivity index (χ0) is 17.2. The number of carbonyl (C=O) groups excluding carboxylic acids is 1. The molecule has 3 nitrogen and oxygen atoms in total. The van der Waals surface area contributed by atoms with Crippen LogP contribution in [0.5, 0.6) is 0 Å². The van der Waals surface area contributed by atoms with Crippen LogP contribution in [0.15, 0.2) is 0 Å². The van der Waals surface area contributed by atoms with E-state index >= 15 is 0 Å². The van der Waals surface area contributed by atoms with E-state index in [1.807, 2.05) is 11.8 Å². The first-order valence-corrected chi connectivity index (χ1v) is 11.9. The predicted molar refractivity (Wildman–Crippen MR) is 105 cm³/mol. The Hall–Kier alpha value is -0.0600. The molecule has 1 saturated heterocycles. The van der Waals surface area contributed by atoms with E-state index in [-0.39, 0.29) is 5.50 Å². The Morgan fingerprint density at radius 2 is 1.48 bits per heavy atom. The van der Waals surface area contributed by atoms with Crippen molar-refractivity contribution in [1.29, 1.82) is 0 Å². The number of rotatable bonds is 4. The van der Waals surface area contributed by atoms with E-state index in [2.05, 4.69) is 4.90 Å². The molecule has 0 aromatic carbocycles. The second-order valence-corrected chi connectivity index (χ2v) is 10.4. The van der Waals surface area contributed by atoms with Gasteiger partial charge >= 0.3 is 0 Å². The zero-order valence-corrected chi connectivity index (χ0v) is 16.5. The van der Waals surface area contributed by atoms with Gasteiger partial charge in [-0.3, -0.25) is 9.69 Å². The van der Waals surface area contributed by atoms with Gasteiger partial charge in [0.05, 0.1) is 6.54 Å². The third-order valence-electron chi connectivity index (χ3n) is 7.62. The molecule has 0 amide bonds. The van der Waals surface area contributed by atoms with Crippen LogP contribution in [0.1, 0.15) is 83.5 Å². The van der Waals surface area contributed by atoms with Gasteiger partial charge in [0.25, 0.3) is 0 Å². The summed E-state index contributed by atoms with van der Waals surface area (Å²) in [5.74, 6) is 2.69. The van der Waals surface area contributed by atoms with Gasteiger partial charge < -0.3 is 5.73 Å². The van der Waals surface area contributed by atoms with Crippen LogP contribution in [0, 0.1) is 17.8 Å². The normalized spacial score (nSPS) is 40.8. The summed E-state index contributed by atoms with van der Waals surface area (Å²) in [4.78, 5) is 15.3. The van der Waals surface area contributed by atoms with Crippen LogP contribution in [-0.2, 0) is 4.79 Å². The monoisotopic (exact) mass is 364 g/mol. The number of thioether (sulfide) groups is 1. The van der Waals surface area contributed by atoms with Crippen LogP contribution in [0.4, 0.5) is 0 Å². The Balaban J connectivity index is 1.27. The zero-order valence-electron chi connectivity index (χ0n) is 15.7. The van der Waals surface area contributed by atoms with E-state index in [1.54, 1.807) is 0 Å². The first-order chi connectivity index (χ1) is 12.2. The molecular weight excluding hydrogens is 328 g/mol. The molecule has 1 heterocycles. The Labute approximate surface area is 157 Å². The Bertz CT molecular complexity index is 457. The fourth-order valence-corrected chi connectivity index (χ4v) is 7.62. The molecule has 3 saturated carbocycles. The minimum absolute atomic E-state index is 0.0515. The predicted octanol–water partition coefficient (Wildman–Crippen LogP) is 4.54. The molecule has 4 fully saturated rings. The number of Topliss-reactive ketones (excluding diaryl/α,β-unsaturated/α-hetero) is 1. The van der Waals surface area contributed by atoms with Crippen LogP contribution in [0.2, 0.25) is 0 Å². The van der Waals surface area contributed by atoms with Crippen LogP contribution >= 0.6 is 11.8 Å². The SMILES string of the molecule is NC1SC2CCCCC2N1CC(=O)C1CCC(C2CCCCC2)CC1. The maximum Gasteiger partial charge on any atom is 0.150 e. The maximum absolute atomic E-state index is 13.0. The summed E-state index contributed by atoms with van der Waals surface area (Å²) >= 11 is 1.92. The number of carbonyl (C=O) groups is 1. The molecule has 0 aromatic heterocycles. The molecule has 2 N–H and O–H groups in total. The number of ketones is 1. The van der Waals surface area contributed by atoms with Crippen LogP contribution in [0.25, 0.3) is 0 Å². The standard InChI is InChI=1S/C21H36N2OS/c22-21-23(18-8-4-5-9-20(18)25-21)14-19(24)17-12-10-16(11-13-17)15-6-2-1-3-7-15/h15-18,20-21H,1-14,22H2. The van der Waals surface area contributed by atoms with Gasteiger partial charge in [-0.15, -0.1) is 11.8 Å². The lowest BCUT2D eigenvalue weighted by atomic mass is 9.70. The molecule has 3 aliphatic carbocycles. The Kier molecular flexibility index (Phi) is 6.09. The highest BCUT2D eigenvalue weighted by Gasteiger charge is 2.42. The maximum atomic E-state index is 13.0. The fourth-order valence-electron chi connectivity index (χ4n) is 6.10. The second-order valence-electron chi connectivity index (χ2n) is 9.07. The molecule has 3 atom stereocenters. The topological polar surface area (TPSA) is 46.3 Å². The van der Waals surface area contributed by atoms with Gasteiger partial charge in [0, 0.05) is 17.2 Å². The van der Waals surface area contributed by atoms with Crippen LogP contribution in [0.3, 0.4) is 0 Å². The molecule has 142 valence electrons. The molecule has 25 heavy (non-hydrogen) atoms. The third-order valence-corrected chi connectivity index (χ3v) is 9.07. The molecule has 4 aliphatic rings. The minimum Gasteiger partial charge on any atom is -0.307 e. The van der Waals surface area contributed by atoms with Crippen molar-refractivity contribution in [3.8, 4) is 0 Å². The average molecular weight is 365 g/mol. The summed E-state index contributed by atoms with van der Waals surface area (Å²) in [6.45, 7) is 0.619. The number of hydrogen-bond donors (Lipinski definition) is 1. The molecule has 1 aliphatic heterocycles. The van der Waals surface area contributed by atoms with Crippen molar-refractivity contribution in [2.45, 2.75) is 100 Å². The van der Waals surface area contributed by atoms with E-state index in [9.17, 15) is 4.79 Å². The second kappa shape index (κ2) is 8.31. The van der Waals surface area contributed by atoms with Gasteiger partial charge in [0.1, 0.15) is 11.3 Å². The lowest BCUT2D eigenvalue weighted by Gasteiger charge is -2.36. The number of hydrogen-bond acceptors (Lipinski definition) is 4. The first-order valence-electron chi connectivity index (χ1n) is 10.9. The Morgan fingerprint density at radius 1 is 0.840 bits per heavy atom. The molecule has 0 spiro atoms. The summed E-state index contributed by atoms with van der Waals surface area (Å²) in [5, 5.41) is 0.679. The average Bonchev–Trinajstić information content (AvgIpc) is 2.98. The molecule has 4 rings (SSSR count). The molecule has 0 aromatic rings. The lowest BCUT2D eigenvalue weighted by molar-refractivity contribution is -0.126. The summed E-state index contributed by atoms with van der Waals surface area (Å²) in [6.07, 6.45) is 17.3. The van der Waals surface area contributed by atoms with E-state index in [1.165, 1.54) is 70.6 Å². The van der Waals surface area contributed by atoms with E-state index in [0.717, 1.165) is 24.7 Å². The van der Waals surface area contributed by atoms with Gasteiger partial charge in [-0.1, -0.05) is 44.9 Å². The smallest absolute Gasteiger partial charge is 0.150 e. The number of fused-ring (bicyclic) bond motifs is 1. The number of nitrogens with two attached hydrogens (primary N) is 1. The van der Waals surface area contributed by atoms with Gasteiger partial charge in [0.2, 0.25) is 0 Å². The van der Waals surface area contributed by atoms with Gasteiger partial charge in [0.15, 0.2) is 0 Å². The fraction of sp³-hybridized carbons (Fsp3) is 0.952. The lowest BCUT2D eigenvalue weighted by Crippen LogP contribution is -2.47. The van der Waals surface area contributed by atoms with Gasteiger partial charge in [-0.2, -0.15) is 0 Å². The summed E-state index contributed by atoms with van der Waals surface area (Å²) in [7, 11) is 0. The van der Waals surface area contributed by atoms with Crippen molar-refractivity contribution < 1.29 is 4.79 Å². The van der Waals surface area contributed by atoms with Crippen molar-refractivity contribution in [3.63, 3.8) is 0 Å². The van der Waals surface area contributed by atoms with E-state index in [4.69, 9.17) is 5.73 Å². The molecule has 0 radical (unpaired) electrons. The van der Waals surface area contributed by atoms with E-state index in [0.29, 0.717) is 29.5 Å². The summed E-state index contributed by atoms with van der Waals surface area (Å²) < 4.78 is 0. The largest absolute Gasteiger partial charge is 0.307 e. The third kappa shape index (κ3) is 4.11. The van der Waals surface area contributed by atoms with Crippen LogP contribution < -0.4 is 5.73 Å².